The van der Waals surface area contributed by atoms with Crippen LogP contribution >= 0.6 is 0 Å². The molecule has 0 saturated heterocycles. The van der Waals surface area contributed by atoms with Crippen molar-refractivity contribution >= 4 is 0 Å². The highest BCUT2D eigenvalue weighted by atomic mass is 19.1. The van der Waals surface area contributed by atoms with Crippen molar-refractivity contribution in [1.82, 2.24) is 4.98 Å². The maximum atomic E-state index is 12.8. The van der Waals surface area contributed by atoms with Crippen LogP contribution in [0.1, 0.15) is 17.4 Å². The van der Waals surface area contributed by atoms with Crippen molar-refractivity contribution in [3.05, 3.63) is 29.3 Å². The molecule has 0 aliphatic rings. The van der Waals surface area contributed by atoms with Crippen LogP contribution in [0, 0.1) is 12.7 Å². The van der Waals surface area contributed by atoms with Crippen molar-refractivity contribution in [2.45, 2.75) is 13.0 Å². The summed E-state index contributed by atoms with van der Waals surface area (Å²) in [6.07, 6.45) is 0. The van der Waals surface area contributed by atoms with Gasteiger partial charge >= 0.3 is 0 Å². The second kappa shape index (κ2) is 4.30. The largest absolute Gasteiger partial charge is 0.383 e. The fourth-order valence-electron chi connectivity index (χ4n) is 1.03. The van der Waals surface area contributed by atoms with E-state index < -0.39 is 0 Å². The normalized spacial score (nSPS) is 12.9. The lowest BCUT2D eigenvalue weighted by Crippen LogP contribution is -2.18. The van der Waals surface area contributed by atoms with Crippen LogP contribution in [0.3, 0.4) is 0 Å². The molecule has 1 aromatic rings. The lowest BCUT2D eigenvalue weighted by molar-refractivity contribution is 0.179. The molecule has 2 N–H and O–H groups in total. The highest BCUT2D eigenvalue weighted by Gasteiger charge is 2.08. The van der Waals surface area contributed by atoms with Crippen molar-refractivity contribution in [3.63, 3.8) is 0 Å². The number of hydrogen-bond donors (Lipinski definition) is 1. The number of aromatic nitrogens is 1. The first-order valence-electron chi connectivity index (χ1n) is 4.02. The molecule has 0 aliphatic heterocycles. The van der Waals surface area contributed by atoms with Crippen LogP contribution in [0.25, 0.3) is 0 Å². The van der Waals surface area contributed by atoms with Crippen LogP contribution in [0.2, 0.25) is 0 Å². The fraction of sp³-hybridized carbons (Fsp3) is 0.444. The molecule has 1 heterocycles. The molecule has 0 fully saturated rings. The first-order valence-corrected chi connectivity index (χ1v) is 4.02. The maximum absolute atomic E-state index is 12.8. The van der Waals surface area contributed by atoms with Crippen LogP contribution < -0.4 is 5.73 Å². The molecule has 0 radical (unpaired) electrons. The summed E-state index contributed by atoms with van der Waals surface area (Å²) >= 11 is 0. The lowest BCUT2D eigenvalue weighted by Gasteiger charge is -2.10. The van der Waals surface area contributed by atoms with Gasteiger partial charge in [-0.15, -0.1) is 0 Å². The van der Waals surface area contributed by atoms with Gasteiger partial charge in [0.05, 0.1) is 24.0 Å². The quantitative estimate of drug-likeness (QED) is 0.767. The Labute approximate surface area is 76.7 Å². The third-order valence-electron chi connectivity index (χ3n) is 1.77. The Morgan fingerprint density at radius 2 is 2.31 bits per heavy atom. The zero-order valence-electron chi connectivity index (χ0n) is 7.75. The first-order chi connectivity index (χ1) is 6.15. The average Bonchev–Trinajstić information content (AvgIpc) is 2.10. The summed E-state index contributed by atoms with van der Waals surface area (Å²) in [6, 6.07) is 2.66. The highest BCUT2D eigenvalue weighted by molar-refractivity contribution is 5.14. The topological polar surface area (TPSA) is 48.1 Å². The van der Waals surface area contributed by atoms with Crippen molar-refractivity contribution in [2.75, 3.05) is 13.7 Å². The number of halogens is 1. The Balaban J connectivity index is 2.84. The summed E-state index contributed by atoms with van der Waals surface area (Å²) < 4.78 is 17.7. The molecule has 1 rings (SSSR count). The van der Waals surface area contributed by atoms with Gasteiger partial charge in [0.2, 0.25) is 0 Å². The summed E-state index contributed by atoms with van der Waals surface area (Å²) in [5, 5.41) is 0. The Kier molecular flexibility index (Phi) is 3.33. The van der Waals surface area contributed by atoms with E-state index in [2.05, 4.69) is 4.98 Å². The van der Waals surface area contributed by atoms with Gasteiger partial charge in [0.15, 0.2) is 0 Å². The summed E-state index contributed by atoms with van der Waals surface area (Å²) in [5.74, 6) is -0.312. The second-order valence-corrected chi connectivity index (χ2v) is 2.87. The Hall–Kier alpha value is -1.00. The van der Waals surface area contributed by atoms with Gasteiger partial charge in [-0.1, -0.05) is 0 Å². The molecule has 4 heteroatoms. The highest BCUT2D eigenvalue weighted by Crippen LogP contribution is 2.10. The molecule has 1 aromatic heterocycles. The van der Waals surface area contributed by atoms with Crippen LogP contribution in [0.15, 0.2) is 12.1 Å². The van der Waals surface area contributed by atoms with Gasteiger partial charge in [0.25, 0.3) is 0 Å². The molecular formula is C9H13FN2O. The maximum Gasteiger partial charge on any atom is 0.144 e. The van der Waals surface area contributed by atoms with Crippen molar-refractivity contribution in [3.8, 4) is 0 Å². The van der Waals surface area contributed by atoms with Gasteiger partial charge in [0.1, 0.15) is 5.82 Å². The van der Waals surface area contributed by atoms with E-state index >= 15 is 0 Å². The standard InChI is InChI=1S/C9H13FN2O/c1-6-7(10)3-4-9(12-6)8(11)5-13-2/h3-4,8H,5,11H2,1-2H3/t8-/m0/s1. The number of pyridine rings is 1. The lowest BCUT2D eigenvalue weighted by atomic mass is 10.2. The third-order valence-corrected chi connectivity index (χ3v) is 1.77. The molecule has 1 atom stereocenters. The zero-order chi connectivity index (χ0) is 9.84. The molecule has 0 amide bonds. The van der Waals surface area contributed by atoms with E-state index in [1.54, 1.807) is 20.1 Å². The van der Waals surface area contributed by atoms with E-state index in [9.17, 15) is 4.39 Å². The van der Waals surface area contributed by atoms with Crippen LogP contribution in [-0.2, 0) is 4.74 Å². The molecule has 0 aromatic carbocycles. The Morgan fingerprint density at radius 1 is 1.62 bits per heavy atom. The van der Waals surface area contributed by atoms with Crippen LogP contribution in [0.4, 0.5) is 4.39 Å². The zero-order valence-corrected chi connectivity index (χ0v) is 7.75. The molecule has 0 bridgehead atoms. The van der Waals surface area contributed by atoms with Gasteiger partial charge in [-0.05, 0) is 19.1 Å². The first kappa shape index (κ1) is 10.1. The van der Waals surface area contributed by atoms with E-state index in [0.717, 1.165) is 0 Å². The summed E-state index contributed by atoms with van der Waals surface area (Å²) in [7, 11) is 1.57. The van der Waals surface area contributed by atoms with E-state index in [1.165, 1.54) is 6.07 Å². The van der Waals surface area contributed by atoms with Crippen LogP contribution in [0.5, 0.6) is 0 Å². The number of methoxy groups -OCH3 is 1. The minimum absolute atomic E-state index is 0.288. The Morgan fingerprint density at radius 3 is 2.85 bits per heavy atom. The minimum Gasteiger partial charge on any atom is -0.383 e. The predicted octanol–water partition coefficient (Wildman–Crippen LogP) is 1.18. The predicted molar refractivity (Wildman–Crippen MR) is 47.7 cm³/mol. The molecule has 0 saturated carbocycles. The summed E-state index contributed by atoms with van der Waals surface area (Å²) in [5.41, 5.74) is 6.73. The summed E-state index contributed by atoms with van der Waals surface area (Å²) in [6.45, 7) is 2.00. The van der Waals surface area contributed by atoms with E-state index in [-0.39, 0.29) is 11.9 Å². The molecule has 0 aliphatic carbocycles. The molecule has 0 spiro atoms. The van der Waals surface area contributed by atoms with Gasteiger partial charge in [-0.3, -0.25) is 4.98 Å². The van der Waals surface area contributed by atoms with Gasteiger partial charge in [-0.25, -0.2) is 4.39 Å². The van der Waals surface area contributed by atoms with Gasteiger partial charge in [-0.2, -0.15) is 0 Å². The number of nitrogens with two attached hydrogens (primary N) is 1. The molecule has 3 nitrogen and oxygen atoms in total. The van der Waals surface area contributed by atoms with Crippen molar-refractivity contribution in [1.29, 1.82) is 0 Å². The smallest absolute Gasteiger partial charge is 0.144 e. The van der Waals surface area contributed by atoms with Gasteiger partial charge in [0, 0.05) is 7.11 Å². The molecule has 13 heavy (non-hydrogen) atoms. The Bertz CT molecular complexity index is 291. The molecule has 0 unspecified atom stereocenters. The van der Waals surface area contributed by atoms with Gasteiger partial charge < -0.3 is 10.5 Å². The van der Waals surface area contributed by atoms with E-state index in [0.29, 0.717) is 18.0 Å². The summed E-state index contributed by atoms with van der Waals surface area (Å²) in [4.78, 5) is 4.01. The number of aryl methyl sites for hydroxylation is 1. The third kappa shape index (κ3) is 2.47. The van der Waals surface area contributed by atoms with E-state index in [4.69, 9.17) is 10.5 Å². The molecular weight excluding hydrogens is 171 g/mol. The second-order valence-electron chi connectivity index (χ2n) is 2.87. The van der Waals surface area contributed by atoms with Crippen molar-refractivity contribution in [2.24, 2.45) is 5.73 Å². The fourth-order valence-corrected chi connectivity index (χ4v) is 1.03. The number of ether oxygens (including phenoxy) is 1. The molecule has 72 valence electrons. The number of nitrogens with zero attached hydrogens (tertiary/aromatic N) is 1. The minimum atomic E-state index is -0.312. The SMILES string of the molecule is COC[C@H](N)c1ccc(F)c(C)n1. The van der Waals surface area contributed by atoms with E-state index in [1.807, 2.05) is 0 Å². The average molecular weight is 184 g/mol. The number of hydrogen-bond acceptors (Lipinski definition) is 3. The van der Waals surface area contributed by atoms with Crippen molar-refractivity contribution < 1.29 is 9.13 Å². The number of rotatable bonds is 3. The monoisotopic (exact) mass is 184 g/mol. The van der Waals surface area contributed by atoms with Crippen LogP contribution in [-0.4, -0.2) is 18.7 Å².